The molecule has 7 heteroatoms. The minimum absolute atomic E-state index is 0.0637. The highest BCUT2D eigenvalue weighted by molar-refractivity contribution is 7.09. The van der Waals surface area contributed by atoms with E-state index in [1.54, 1.807) is 24.6 Å². The van der Waals surface area contributed by atoms with Crippen LogP contribution in [0.1, 0.15) is 29.3 Å². The molecule has 3 heterocycles. The fourth-order valence-corrected chi connectivity index (χ4v) is 4.19. The van der Waals surface area contributed by atoms with Crippen molar-refractivity contribution in [2.45, 2.75) is 25.4 Å². The van der Waals surface area contributed by atoms with Crippen LogP contribution in [-0.2, 0) is 6.54 Å². The second-order valence-electron chi connectivity index (χ2n) is 6.51. The van der Waals surface area contributed by atoms with Gasteiger partial charge < -0.3 is 9.64 Å². The van der Waals surface area contributed by atoms with Crippen LogP contribution in [0.25, 0.3) is 0 Å². The van der Waals surface area contributed by atoms with Crippen LogP contribution < -0.4 is 10.1 Å². The Morgan fingerprint density at radius 3 is 3.07 bits per heavy atom. The summed E-state index contributed by atoms with van der Waals surface area (Å²) < 4.78 is 7.15. The van der Waals surface area contributed by atoms with Crippen molar-refractivity contribution in [2.24, 2.45) is 0 Å². The number of likely N-dealkylation sites (tertiary alicyclic amines) is 1. The van der Waals surface area contributed by atoms with Crippen LogP contribution in [0.2, 0.25) is 0 Å². The van der Waals surface area contributed by atoms with Gasteiger partial charge in [0.15, 0.2) is 0 Å². The topological polar surface area (TPSA) is 59.4 Å². The van der Waals surface area contributed by atoms with Gasteiger partial charge in [0.25, 0.3) is 0 Å². The van der Waals surface area contributed by atoms with Crippen molar-refractivity contribution in [3.05, 3.63) is 64.5 Å². The Kier molecular flexibility index (Phi) is 5.11. The lowest BCUT2D eigenvalue weighted by molar-refractivity contribution is 0.206. The number of carbonyl (C=O) groups is 1. The lowest BCUT2D eigenvalue weighted by Gasteiger charge is -2.25. The summed E-state index contributed by atoms with van der Waals surface area (Å²) in [5.74, 6) is 1.53. The second-order valence-corrected chi connectivity index (χ2v) is 7.54. The molecule has 1 aromatic carbocycles. The van der Waals surface area contributed by atoms with Gasteiger partial charge in [-0.15, -0.1) is 11.3 Å². The Balaban J connectivity index is 1.48. The fraction of sp³-hybridized carbons (Fsp3) is 0.300. The van der Waals surface area contributed by atoms with E-state index in [4.69, 9.17) is 4.74 Å². The third-order valence-electron chi connectivity index (χ3n) is 4.83. The molecular weight excluding hydrogens is 360 g/mol. The molecule has 140 valence electrons. The van der Waals surface area contributed by atoms with Gasteiger partial charge >= 0.3 is 6.03 Å². The van der Waals surface area contributed by atoms with Crippen molar-refractivity contribution in [3.8, 4) is 5.75 Å². The van der Waals surface area contributed by atoms with Crippen LogP contribution in [0.5, 0.6) is 5.75 Å². The molecule has 1 N–H and O–H groups in total. The van der Waals surface area contributed by atoms with E-state index in [2.05, 4.69) is 22.5 Å². The van der Waals surface area contributed by atoms with Crippen LogP contribution >= 0.6 is 11.3 Å². The molecule has 0 unspecified atom stereocenters. The maximum absolute atomic E-state index is 13.0. The molecule has 0 aliphatic carbocycles. The number of aromatic nitrogens is 2. The molecular formula is C20H22N4O2S. The van der Waals surface area contributed by atoms with E-state index in [0.717, 1.165) is 30.7 Å². The van der Waals surface area contributed by atoms with Crippen LogP contribution in [-0.4, -0.2) is 34.4 Å². The number of benzene rings is 1. The van der Waals surface area contributed by atoms with Gasteiger partial charge in [-0.25, -0.2) is 9.48 Å². The summed E-state index contributed by atoms with van der Waals surface area (Å²) in [6.07, 6.45) is 3.66. The van der Waals surface area contributed by atoms with Gasteiger partial charge in [0.05, 0.1) is 25.9 Å². The maximum atomic E-state index is 13.0. The fourth-order valence-electron chi connectivity index (χ4n) is 3.50. The van der Waals surface area contributed by atoms with Gasteiger partial charge in [-0.3, -0.25) is 5.32 Å². The molecule has 2 aromatic heterocycles. The zero-order chi connectivity index (χ0) is 18.6. The predicted octanol–water partition coefficient (Wildman–Crippen LogP) is 4.37. The lowest BCUT2D eigenvalue weighted by Crippen LogP contribution is -2.35. The van der Waals surface area contributed by atoms with Gasteiger partial charge in [-0.05, 0) is 42.0 Å². The number of hydrogen-bond acceptors (Lipinski definition) is 4. The van der Waals surface area contributed by atoms with Crippen molar-refractivity contribution >= 4 is 23.2 Å². The van der Waals surface area contributed by atoms with Crippen LogP contribution in [0.4, 0.5) is 10.6 Å². The maximum Gasteiger partial charge on any atom is 0.323 e. The number of anilines is 1. The highest BCUT2D eigenvalue weighted by Gasteiger charge is 2.30. The molecule has 0 radical (unpaired) electrons. The largest absolute Gasteiger partial charge is 0.497 e. The normalized spacial score (nSPS) is 16.5. The summed E-state index contributed by atoms with van der Waals surface area (Å²) in [6, 6.07) is 13.9. The van der Waals surface area contributed by atoms with Crippen molar-refractivity contribution in [3.63, 3.8) is 0 Å². The van der Waals surface area contributed by atoms with E-state index < -0.39 is 0 Å². The smallest absolute Gasteiger partial charge is 0.323 e. The summed E-state index contributed by atoms with van der Waals surface area (Å²) in [4.78, 5) is 16.0. The number of amides is 2. The summed E-state index contributed by atoms with van der Waals surface area (Å²) in [7, 11) is 1.66. The van der Waals surface area contributed by atoms with E-state index >= 15 is 0 Å². The molecule has 3 aromatic rings. The monoisotopic (exact) mass is 382 g/mol. The SMILES string of the molecule is COc1cccc([C@@H]2CCCN2C(=O)Nc2ccnn2Cc2cccs2)c1. The third kappa shape index (κ3) is 3.83. The van der Waals surface area contributed by atoms with Crippen LogP contribution in [0.15, 0.2) is 54.0 Å². The summed E-state index contributed by atoms with van der Waals surface area (Å²) in [6.45, 7) is 1.40. The molecule has 0 bridgehead atoms. The molecule has 1 fully saturated rings. The number of nitrogens with zero attached hydrogens (tertiary/aromatic N) is 3. The second kappa shape index (κ2) is 7.84. The molecule has 1 saturated heterocycles. The first kappa shape index (κ1) is 17.6. The van der Waals surface area contributed by atoms with Gasteiger partial charge in [-0.2, -0.15) is 5.10 Å². The third-order valence-corrected chi connectivity index (χ3v) is 5.69. The van der Waals surface area contributed by atoms with Gasteiger partial charge in [0.1, 0.15) is 11.6 Å². The van der Waals surface area contributed by atoms with Gasteiger partial charge in [0.2, 0.25) is 0 Å². The number of thiophene rings is 1. The van der Waals surface area contributed by atoms with Gasteiger partial charge in [-0.1, -0.05) is 18.2 Å². The predicted molar refractivity (Wildman–Crippen MR) is 106 cm³/mol. The van der Waals surface area contributed by atoms with Crippen LogP contribution in [0, 0.1) is 0 Å². The summed E-state index contributed by atoms with van der Waals surface area (Å²) in [5.41, 5.74) is 1.11. The standard InChI is InChI=1S/C20H22N4O2S/c1-26-16-6-2-5-15(13-16)18-8-3-11-23(18)20(25)22-19-9-10-21-24(19)14-17-7-4-12-27-17/h2,4-7,9-10,12-13,18H,3,8,11,14H2,1H3,(H,22,25)/t18-/m0/s1. The number of carbonyl (C=O) groups excluding carboxylic acids is 1. The first-order chi connectivity index (χ1) is 13.2. The van der Waals surface area contributed by atoms with E-state index in [1.165, 1.54) is 4.88 Å². The minimum Gasteiger partial charge on any atom is -0.497 e. The minimum atomic E-state index is -0.0896. The average molecular weight is 382 g/mol. The Bertz CT molecular complexity index is 906. The highest BCUT2D eigenvalue weighted by atomic mass is 32.1. The molecule has 27 heavy (non-hydrogen) atoms. The lowest BCUT2D eigenvalue weighted by atomic mass is 10.0. The quantitative estimate of drug-likeness (QED) is 0.713. The van der Waals surface area contributed by atoms with E-state index in [9.17, 15) is 4.79 Å². The Morgan fingerprint density at radius 2 is 2.26 bits per heavy atom. The molecule has 6 nitrogen and oxygen atoms in total. The number of nitrogens with one attached hydrogen (secondary N) is 1. The Hall–Kier alpha value is -2.80. The molecule has 0 spiro atoms. The zero-order valence-electron chi connectivity index (χ0n) is 15.2. The van der Waals surface area contributed by atoms with Crippen molar-refractivity contribution < 1.29 is 9.53 Å². The van der Waals surface area contributed by atoms with Crippen LogP contribution in [0.3, 0.4) is 0 Å². The van der Waals surface area contributed by atoms with Gasteiger partial charge in [0, 0.05) is 17.5 Å². The summed E-state index contributed by atoms with van der Waals surface area (Å²) >= 11 is 1.68. The first-order valence-electron chi connectivity index (χ1n) is 9.00. The van der Waals surface area contributed by atoms with E-state index in [0.29, 0.717) is 12.4 Å². The summed E-state index contributed by atoms with van der Waals surface area (Å²) in [5, 5.41) is 9.42. The number of ether oxygens (including phenoxy) is 1. The molecule has 0 saturated carbocycles. The number of hydrogen-bond donors (Lipinski definition) is 1. The Labute approximate surface area is 162 Å². The molecule has 4 rings (SSSR count). The first-order valence-corrected chi connectivity index (χ1v) is 9.88. The molecule has 2 amide bonds. The van der Waals surface area contributed by atoms with E-state index in [1.807, 2.05) is 45.3 Å². The Morgan fingerprint density at radius 1 is 1.33 bits per heavy atom. The van der Waals surface area contributed by atoms with E-state index in [-0.39, 0.29) is 12.1 Å². The average Bonchev–Trinajstić information content (AvgIpc) is 3.44. The zero-order valence-corrected chi connectivity index (χ0v) is 16.0. The molecule has 1 atom stereocenters. The van der Waals surface area contributed by atoms with Crippen molar-refractivity contribution in [1.29, 1.82) is 0 Å². The number of urea groups is 1. The molecule has 1 aliphatic rings. The molecule has 1 aliphatic heterocycles. The number of methoxy groups -OCH3 is 1. The highest BCUT2D eigenvalue weighted by Crippen LogP contribution is 2.33. The number of rotatable bonds is 5. The van der Waals surface area contributed by atoms with Crippen molar-refractivity contribution in [2.75, 3.05) is 19.0 Å². The van der Waals surface area contributed by atoms with Crippen molar-refractivity contribution in [1.82, 2.24) is 14.7 Å².